The molecule has 0 aromatic rings. The molecule has 2 heteroatoms. The van der Waals surface area contributed by atoms with Crippen LogP contribution in [0.25, 0.3) is 0 Å². The molecule has 1 heterocycles. The first-order valence-corrected chi connectivity index (χ1v) is 7.08. The van der Waals surface area contributed by atoms with E-state index in [4.69, 9.17) is 0 Å². The zero-order chi connectivity index (χ0) is 11.6. The third-order valence-electron chi connectivity index (χ3n) is 4.55. The summed E-state index contributed by atoms with van der Waals surface area (Å²) in [4.78, 5) is 2.72. The van der Waals surface area contributed by atoms with Gasteiger partial charge < -0.3 is 5.32 Å². The van der Waals surface area contributed by atoms with Crippen LogP contribution in [-0.4, -0.2) is 35.6 Å². The summed E-state index contributed by atoms with van der Waals surface area (Å²) in [5.74, 6) is 0. The standard InChI is InChI=1S/C14H28N2/c1-4-10-16-12-14(8-6-5-7-9-14)15-11-13(16,2)3/h15H,4-12H2,1-3H3. The number of rotatable bonds is 2. The van der Waals surface area contributed by atoms with Gasteiger partial charge in [-0.05, 0) is 39.7 Å². The molecule has 0 bridgehead atoms. The number of nitrogens with zero attached hydrogens (tertiary/aromatic N) is 1. The second-order valence-corrected chi connectivity index (χ2v) is 6.43. The SMILES string of the molecule is CCCN1CC2(CCCCC2)NCC1(C)C. The molecule has 2 rings (SSSR count). The molecule has 0 radical (unpaired) electrons. The molecule has 0 aromatic carbocycles. The van der Waals surface area contributed by atoms with E-state index in [-0.39, 0.29) is 0 Å². The first kappa shape index (κ1) is 12.4. The minimum Gasteiger partial charge on any atom is -0.308 e. The maximum Gasteiger partial charge on any atom is 0.0309 e. The molecular formula is C14H28N2. The van der Waals surface area contributed by atoms with Crippen LogP contribution in [0.4, 0.5) is 0 Å². The van der Waals surface area contributed by atoms with E-state index in [1.807, 2.05) is 0 Å². The quantitative estimate of drug-likeness (QED) is 0.776. The second kappa shape index (κ2) is 4.66. The highest BCUT2D eigenvalue weighted by atomic mass is 15.3. The summed E-state index contributed by atoms with van der Waals surface area (Å²) in [6, 6.07) is 0. The van der Waals surface area contributed by atoms with Crippen molar-refractivity contribution in [3.63, 3.8) is 0 Å². The summed E-state index contributed by atoms with van der Waals surface area (Å²) < 4.78 is 0. The lowest BCUT2D eigenvalue weighted by Gasteiger charge is -2.53. The van der Waals surface area contributed by atoms with Gasteiger partial charge in [0.05, 0.1) is 0 Å². The Balaban J connectivity index is 2.04. The first-order chi connectivity index (χ1) is 7.58. The Bertz CT molecular complexity index is 229. The monoisotopic (exact) mass is 224 g/mol. The lowest BCUT2D eigenvalue weighted by Crippen LogP contribution is -2.68. The average molecular weight is 224 g/mol. The van der Waals surface area contributed by atoms with Gasteiger partial charge in [0, 0.05) is 24.2 Å². The van der Waals surface area contributed by atoms with Crippen molar-refractivity contribution in [2.45, 2.75) is 70.4 Å². The average Bonchev–Trinajstić information content (AvgIpc) is 2.26. The van der Waals surface area contributed by atoms with Crippen LogP contribution >= 0.6 is 0 Å². The predicted octanol–water partition coefficient (Wildman–Crippen LogP) is 2.78. The van der Waals surface area contributed by atoms with Gasteiger partial charge in [0.1, 0.15) is 0 Å². The van der Waals surface area contributed by atoms with Gasteiger partial charge in [-0.15, -0.1) is 0 Å². The second-order valence-electron chi connectivity index (χ2n) is 6.43. The van der Waals surface area contributed by atoms with E-state index in [0.29, 0.717) is 11.1 Å². The summed E-state index contributed by atoms with van der Waals surface area (Å²) in [5.41, 5.74) is 0.807. The van der Waals surface area contributed by atoms with E-state index in [9.17, 15) is 0 Å². The molecule has 1 aliphatic heterocycles. The van der Waals surface area contributed by atoms with Gasteiger partial charge >= 0.3 is 0 Å². The topological polar surface area (TPSA) is 15.3 Å². The molecule has 2 nitrogen and oxygen atoms in total. The molecule has 2 fully saturated rings. The molecule has 0 amide bonds. The van der Waals surface area contributed by atoms with Crippen molar-refractivity contribution in [3.05, 3.63) is 0 Å². The fourth-order valence-electron chi connectivity index (χ4n) is 3.37. The van der Waals surface area contributed by atoms with E-state index >= 15 is 0 Å². The lowest BCUT2D eigenvalue weighted by atomic mass is 9.77. The van der Waals surface area contributed by atoms with Crippen LogP contribution in [0, 0.1) is 0 Å². The third-order valence-corrected chi connectivity index (χ3v) is 4.55. The fraction of sp³-hybridized carbons (Fsp3) is 1.00. The number of hydrogen-bond donors (Lipinski definition) is 1. The molecule has 94 valence electrons. The van der Waals surface area contributed by atoms with Crippen molar-refractivity contribution in [1.82, 2.24) is 10.2 Å². The zero-order valence-corrected chi connectivity index (χ0v) is 11.3. The van der Waals surface area contributed by atoms with Gasteiger partial charge in [-0.2, -0.15) is 0 Å². The van der Waals surface area contributed by atoms with Crippen LogP contribution in [0.15, 0.2) is 0 Å². The Morgan fingerprint density at radius 1 is 1.12 bits per heavy atom. The molecular weight excluding hydrogens is 196 g/mol. The molecule has 0 unspecified atom stereocenters. The Labute approximate surface area is 101 Å². The van der Waals surface area contributed by atoms with Crippen LogP contribution in [0.3, 0.4) is 0 Å². The highest BCUT2D eigenvalue weighted by molar-refractivity contribution is 5.02. The van der Waals surface area contributed by atoms with Crippen molar-refractivity contribution in [3.8, 4) is 0 Å². The summed E-state index contributed by atoms with van der Waals surface area (Å²) in [5, 5.41) is 3.87. The Morgan fingerprint density at radius 2 is 1.81 bits per heavy atom. The number of piperazine rings is 1. The normalized spacial score (nSPS) is 29.4. The third kappa shape index (κ3) is 2.43. The van der Waals surface area contributed by atoms with Gasteiger partial charge in [-0.1, -0.05) is 26.2 Å². The van der Waals surface area contributed by atoms with Crippen LogP contribution in [0.5, 0.6) is 0 Å². The minimum absolute atomic E-state index is 0.346. The molecule has 1 saturated carbocycles. The van der Waals surface area contributed by atoms with Crippen LogP contribution in [0.1, 0.15) is 59.3 Å². The van der Waals surface area contributed by atoms with E-state index in [1.54, 1.807) is 0 Å². The van der Waals surface area contributed by atoms with Crippen molar-refractivity contribution >= 4 is 0 Å². The molecule has 1 N–H and O–H groups in total. The van der Waals surface area contributed by atoms with Gasteiger partial charge in [0.2, 0.25) is 0 Å². The summed E-state index contributed by atoms with van der Waals surface area (Å²) in [7, 11) is 0. The molecule has 0 atom stereocenters. The Hall–Kier alpha value is -0.0800. The van der Waals surface area contributed by atoms with Crippen molar-refractivity contribution in [2.75, 3.05) is 19.6 Å². The van der Waals surface area contributed by atoms with Crippen LogP contribution in [0.2, 0.25) is 0 Å². The Kier molecular flexibility index (Phi) is 3.60. The molecule has 0 aromatic heterocycles. The molecule has 2 aliphatic rings. The number of hydrogen-bond acceptors (Lipinski definition) is 2. The van der Waals surface area contributed by atoms with E-state index in [1.165, 1.54) is 51.6 Å². The minimum atomic E-state index is 0.346. The van der Waals surface area contributed by atoms with E-state index < -0.39 is 0 Å². The maximum absolute atomic E-state index is 3.87. The summed E-state index contributed by atoms with van der Waals surface area (Å²) >= 11 is 0. The maximum atomic E-state index is 3.87. The zero-order valence-electron chi connectivity index (χ0n) is 11.3. The van der Waals surface area contributed by atoms with Gasteiger partial charge in [-0.3, -0.25) is 4.90 Å². The van der Waals surface area contributed by atoms with Crippen molar-refractivity contribution in [2.24, 2.45) is 0 Å². The van der Waals surface area contributed by atoms with Gasteiger partial charge in [0.25, 0.3) is 0 Å². The highest BCUT2D eigenvalue weighted by Gasteiger charge is 2.42. The molecule has 1 spiro atoms. The smallest absolute Gasteiger partial charge is 0.0309 e. The van der Waals surface area contributed by atoms with Crippen LogP contribution < -0.4 is 5.32 Å². The number of nitrogens with one attached hydrogen (secondary N) is 1. The van der Waals surface area contributed by atoms with E-state index in [2.05, 4.69) is 31.0 Å². The van der Waals surface area contributed by atoms with Crippen molar-refractivity contribution < 1.29 is 0 Å². The molecule has 1 aliphatic carbocycles. The van der Waals surface area contributed by atoms with Crippen molar-refractivity contribution in [1.29, 1.82) is 0 Å². The van der Waals surface area contributed by atoms with Crippen LogP contribution in [-0.2, 0) is 0 Å². The fourth-order valence-corrected chi connectivity index (χ4v) is 3.37. The summed E-state index contributed by atoms with van der Waals surface area (Å²) in [6.45, 7) is 10.7. The first-order valence-electron chi connectivity index (χ1n) is 7.08. The molecule has 1 saturated heterocycles. The van der Waals surface area contributed by atoms with E-state index in [0.717, 1.165) is 6.54 Å². The lowest BCUT2D eigenvalue weighted by molar-refractivity contribution is 0.0110. The Morgan fingerprint density at radius 3 is 2.44 bits per heavy atom. The van der Waals surface area contributed by atoms with Gasteiger partial charge in [-0.25, -0.2) is 0 Å². The predicted molar refractivity (Wildman–Crippen MR) is 69.8 cm³/mol. The summed E-state index contributed by atoms with van der Waals surface area (Å²) in [6.07, 6.45) is 8.35. The molecule has 16 heavy (non-hydrogen) atoms. The largest absolute Gasteiger partial charge is 0.308 e. The van der Waals surface area contributed by atoms with Gasteiger partial charge in [0.15, 0.2) is 0 Å². The highest BCUT2D eigenvalue weighted by Crippen LogP contribution is 2.34.